The number of halogens is 1. The average molecular weight is 364 g/mol. The van der Waals surface area contributed by atoms with Crippen molar-refractivity contribution in [2.24, 2.45) is 5.73 Å². The Hall–Kier alpha value is -3.67. The lowest BCUT2D eigenvalue weighted by atomic mass is 10.1. The van der Waals surface area contributed by atoms with E-state index in [1.807, 2.05) is 0 Å². The average Bonchev–Trinajstić information content (AvgIpc) is 2.68. The van der Waals surface area contributed by atoms with Crippen LogP contribution in [0.3, 0.4) is 0 Å². The topological polar surface area (TPSA) is 81.4 Å². The maximum absolute atomic E-state index is 13.0. The van der Waals surface area contributed by atoms with Crippen LogP contribution >= 0.6 is 0 Å². The summed E-state index contributed by atoms with van der Waals surface area (Å²) in [5, 5.41) is 2.75. The quantitative estimate of drug-likeness (QED) is 0.699. The predicted molar refractivity (Wildman–Crippen MR) is 100 cm³/mol. The Morgan fingerprint density at radius 2 is 1.59 bits per heavy atom. The summed E-state index contributed by atoms with van der Waals surface area (Å²) in [5.74, 6) is -0.794. The first-order valence-corrected chi connectivity index (χ1v) is 8.20. The van der Waals surface area contributed by atoms with Gasteiger partial charge in [0.05, 0.1) is 5.56 Å². The Labute approximate surface area is 155 Å². The molecule has 3 rings (SSSR count). The summed E-state index contributed by atoms with van der Waals surface area (Å²) in [7, 11) is 0. The Bertz CT molecular complexity index is 954. The molecule has 0 aliphatic carbocycles. The van der Waals surface area contributed by atoms with Crippen LogP contribution in [0.4, 0.5) is 10.1 Å². The summed E-state index contributed by atoms with van der Waals surface area (Å²) in [6.07, 6.45) is 0. The van der Waals surface area contributed by atoms with Crippen LogP contribution in [-0.4, -0.2) is 11.8 Å². The van der Waals surface area contributed by atoms with E-state index in [0.29, 0.717) is 22.6 Å². The standard InChI is InChI=1S/C21H17FN2O3/c22-16-9-5-14(6-10-16)13-27-19-4-2-1-3-18(19)21(26)24-17-11-7-15(8-12-17)20(23)25/h1-12H,13H2,(H2,23,25)(H,24,26). The normalized spacial score (nSPS) is 10.3. The zero-order valence-corrected chi connectivity index (χ0v) is 14.3. The van der Waals surface area contributed by atoms with Crippen molar-refractivity contribution < 1.29 is 18.7 Å². The largest absolute Gasteiger partial charge is 0.488 e. The van der Waals surface area contributed by atoms with Gasteiger partial charge in [0, 0.05) is 11.3 Å². The number of hydrogen-bond acceptors (Lipinski definition) is 3. The summed E-state index contributed by atoms with van der Waals surface area (Å²) < 4.78 is 18.7. The second kappa shape index (κ2) is 8.14. The fourth-order valence-electron chi connectivity index (χ4n) is 2.44. The molecule has 6 heteroatoms. The van der Waals surface area contributed by atoms with Gasteiger partial charge in [-0.2, -0.15) is 0 Å². The first-order chi connectivity index (χ1) is 13.0. The Kier molecular flexibility index (Phi) is 5.47. The number of benzene rings is 3. The van der Waals surface area contributed by atoms with E-state index in [1.54, 1.807) is 48.5 Å². The second-order valence-corrected chi connectivity index (χ2v) is 5.81. The van der Waals surface area contributed by atoms with Gasteiger partial charge in [0.2, 0.25) is 5.91 Å². The van der Waals surface area contributed by atoms with E-state index < -0.39 is 5.91 Å². The van der Waals surface area contributed by atoms with E-state index in [9.17, 15) is 14.0 Å². The van der Waals surface area contributed by atoms with Gasteiger partial charge in [-0.3, -0.25) is 9.59 Å². The van der Waals surface area contributed by atoms with Crippen molar-refractivity contribution in [1.29, 1.82) is 0 Å². The lowest BCUT2D eigenvalue weighted by molar-refractivity contribution is 0.0997. The maximum Gasteiger partial charge on any atom is 0.259 e. The molecular weight excluding hydrogens is 347 g/mol. The monoisotopic (exact) mass is 364 g/mol. The highest BCUT2D eigenvalue weighted by molar-refractivity contribution is 6.06. The van der Waals surface area contributed by atoms with Crippen molar-refractivity contribution >= 4 is 17.5 Å². The van der Waals surface area contributed by atoms with E-state index in [-0.39, 0.29) is 18.3 Å². The highest BCUT2D eigenvalue weighted by atomic mass is 19.1. The zero-order chi connectivity index (χ0) is 19.2. The molecule has 0 aromatic heterocycles. The Morgan fingerprint density at radius 3 is 2.26 bits per heavy atom. The number of rotatable bonds is 6. The van der Waals surface area contributed by atoms with Crippen molar-refractivity contribution in [3.05, 3.63) is 95.3 Å². The smallest absolute Gasteiger partial charge is 0.259 e. The highest BCUT2D eigenvalue weighted by Gasteiger charge is 2.13. The molecule has 0 spiro atoms. The molecule has 5 nitrogen and oxygen atoms in total. The van der Waals surface area contributed by atoms with E-state index in [0.717, 1.165) is 5.56 Å². The molecule has 0 aliphatic rings. The van der Waals surface area contributed by atoms with Crippen LogP contribution < -0.4 is 15.8 Å². The number of carbonyl (C=O) groups is 2. The van der Waals surface area contributed by atoms with Gasteiger partial charge in [0.1, 0.15) is 18.2 Å². The van der Waals surface area contributed by atoms with Crippen molar-refractivity contribution in [3.63, 3.8) is 0 Å². The van der Waals surface area contributed by atoms with Gasteiger partial charge in [-0.05, 0) is 54.1 Å². The number of ether oxygens (including phenoxy) is 1. The number of amides is 2. The number of nitrogens with one attached hydrogen (secondary N) is 1. The van der Waals surface area contributed by atoms with E-state index in [4.69, 9.17) is 10.5 Å². The molecule has 136 valence electrons. The lowest BCUT2D eigenvalue weighted by Crippen LogP contribution is -2.14. The molecular formula is C21H17FN2O3. The predicted octanol–water partition coefficient (Wildman–Crippen LogP) is 3.76. The van der Waals surface area contributed by atoms with Crippen LogP contribution in [0.1, 0.15) is 26.3 Å². The van der Waals surface area contributed by atoms with Crippen LogP contribution in [0, 0.1) is 5.82 Å². The van der Waals surface area contributed by atoms with Gasteiger partial charge in [0.25, 0.3) is 5.91 Å². The molecule has 2 amide bonds. The minimum Gasteiger partial charge on any atom is -0.488 e. The molecule has 0 saturated carbocycles. The van der Waals surface area contributed by atoms with Crippen molar-refractivity contribution in [2.45, 2.75) is 6.61 Å². The van der Waals surface area contributed by atoms with Crippen LogP contribution in [-0.2, 0) is 6.61 Å². The second-order valence-electron chi connectivity index (χ2n) is 5.81. The van der Waals surface area contributed by atoms with Crippen LogP contribution in [0.2, 0.25) is 0 Å². The summed E-state index contributed by atoms with van der Waals surface area (Å²) in [4.78, 5) is 23.7. The number of nitrogens with two attached hydrogens (primary N) is 1. The third kappa shape index (κ3) is 4.70. The third-order valence-corrected chi connectivity index (χ3v) is 3.87. The number of primary amides is 1. The van der Waals surface area contributed by atoms with Crippen LogP contribution in [0.5, 0.6) is 5.75 Å². The molecule has 27 heavy (non-hydrogen) atoms. The van der Waals surface area contributed by atoms with Gasteiger partial charge in [-0.15, -0.1) is 0 Å². The first-order valence-electron chi connectivity index (χ1n) is 8.20. The van der Waals surface area contributed by atoms with Crippen molar-refractivity contribution in [1.82, 2.24) is 0 Å². The number of anilines is 1. The molecule has 0 heterocycles. The van der Waals surface area contributed by atoms with Crippen molar-refractivity contribution in [2.75, 3.05) is 5.32 Å². The molecule has 0 unspecified atom stereocenters. The van der Waals surface area contributed by atoms with Crippen LogP contribution in [0.15, 0.2) is 72.8 Å². The lowest BCUT2D eigenvalue weighted by Gasteiger charge is -2.12. The Balaban J connectivity index is 1.71. The van der Waals surface area contributed by atoms with Crippen molar-refractivity contribution in [3.8, 4) is 5.75 Å². The molecule has 0 bridgehead atoms. The molecule has 0 saturated heterocycles. The van der Waals surface area contributed by atoms with Gasteiger partial charge in [-0.25, -0.2) is 4.39 Å². The number of hydrogen-bond donors (Lipinski definition) is 2. The van der Waals surface area contributed by atoms with Gasteiger partial charge in [-0.1, -0.05) is 24.3 Å². The summed E-state index contributed by atoms with van der Waals surface area (Å²) in [5.41, 5.74) is 7.23. The van der Waals surface area contributed by atoms with Gasteiger partial charge < -0.3 is 15.8 Å². The molecule has 0 fully saturated rings. The summed E-state index contributed by atoms with van der Waals surface area (Å²) in [6, 6.07) is 19.1. The minimum absolute atomic E-state index is 0.206. The molecule has 0 aliphatic heterocycles. The maximum atomic E-state index is 13.0. The molecule has 3 aromatic rings. The molecule has 3 N–H and O–H groups in total. The number of carbonyl (C=O) groups excluding carboxylic acids is 2. The fraction of sp³-hybridized carbons (Fsp3) is 0.0476. The number of para-hydroxylation sites is 1. The Morgan fingerprint density at radius 1 is 0.926 bits per heavy atom. The highest BCUT2D eigenvalue weighted by Crippen LogP contribution is 2.21. The first kappa shape index (κ1) is 18.1. The zero-order valence-electron chi connectivity index (χ0n) is 14.3. The summed E-state index contributed by atoms with van der Waals surface area (Å²) in [6.45, 7) is 0.206. The third-order valence-electron chi connectivity index (χ3n) is 3.87. The van der Waals surface area contributed by atoms with Gasteiger partial charge >= 0.3 is 0 Å². The molecule has 3 aromatic carbocycles. The van der Waals surface area contributed by atoms with Crippen LogP contribution in [0.25, 0.3) is 0 Å². The molecule has 0 atom stereocenters. The summed E-state index contributed by atoms with van der Waals surface area (Å²) >= 11 is 0. The van der Waals surface area contributed by atoms with E-state index in [2.05, 4.69) is 5.32 Å². The molecule has 0 radical (unpaired) electrons. The fourth-order valence-corrected chi connectivity index (χ4v) is 2.44. The SMILES string of the molecule is NC(=O)c1ccc(NC(=O)c2ccccc2OCc2ccc(F)cc2)cc1. The van der Waals surface area contributed by atoms with E-state index in [1.165, 1.54) is 24.3 Å². The van der Waals surface area contributed by atoms with E-state index >= 15 is 0 Å². The minimum atomic E-state index is -0.535. The van der Waals surface area contributed by atoms with Gasteiger partial charge in [0.15, 0.2) is 0 Å².